The molecule has 0 rings (SSSR count). The topological polar surface area (TPSA) is 235 Å². The molecule has 3 amide bonds. The summed E-state index contributed by atoms with van der Waals surface area (Å²) in [4.78, 5) is 52.0. The summed E-state index contributed by atoms with van der Waals surface area (Å²) in [7, 11) is 0. The predicted octanol–water partition coefficient (Wildman–Crippen LogP) is -3.33. The van der Waals surface area contributed by atoms with Crippen LogP contribution in [0.1, 0.15) is 26.2 Å². The smallest absolute Gasteiger partial charge is 0.326 e. The van der Waals surface area contributed by atoms with Gasteiger partial charge in [0.2, 0.25) is 17.7 Å². The van der Waals surface area contributed by atoms with Gasteiger partial charge in [0.25, 0.3) is 0 Å². The Morgan fingerprint density at radius 1 is 0.968 bits per heavy atom. The minimum atomic E-state index is -1.31. The number of nitrogens with two attached hydrogens (primary N) is 3. The van der Waals surface area contributed by atoms with Gasteiger partial charge in [0.15, 0.2) is 5.96 Å². The van der Waals surface area contributed by atoms with Gasteiger partial charge in [-0.2, -0.15) is 11.8 Å². The molecule has 0 fully saturated rings. The number of aliphatic hydroxyl groups is 1. The van der Waals surface area contributed by atoms with Gasteiger partial charge in [0, 0.05) is 6.54 Å². The van der Waals surface area contributed by atoms with E-state index in [0.29, 0.717) is 12.2 Å². The van der Waals surface area contributed by atoms with Crippen molar-refractivity contribution in [3.63, 3.8) is 0 Å². The Hall–Kier alpha value is -2.58. The quantitative estimate of drug-likeness (QED) is 0.0683. The lowest BCUT2D eigenvalue weighted by Gasteiger charge is -2.24. The fourth-order valence-corrected chi connectivity index (χ4v) is 2.78. The van der Waals surface area contributed by atoms with E-state index in [4.69, 9.17) is 17.2 Å². The van der Waals surface area contributed by atoms with Crippen molar-refractivity contribution in [1.29, 1.82) is 0 Å². The van der Waals surface area contributed by atoms with Crippen LogP contribution in [0.5, 0.6) is 0 Å². The fourth-order valence-electron chi connectivity index (χ4n) is 2.31. The minimum absolute atomic E-state index is 0.0742. The molecule has 0 aromatic rings. The van der Waals surface area contributed by atoms with Crippen molar-refractivity contribution in [3.8, 4) is 0 Å². The Morgan fingerprint density at radius 2 is 1.52 bits per heavy atom. The lowest BCUT2D eigenvalue weighted by atomic mass is 10.1. The van der Waals surface area contributed by atoms with Gasteiger partial charge < -0.3 is 43.4 Å². The Morgan fingerprint density at radius 3 is 2.00 bits per heavy atom. The van der Waals surface area contributed by atoms with Crippen molar-refractivity contribution in [2.24, 2.45) is 22.2 Å². The third-order valence-corrected chi connectivity index (χ3v) is 4.68. The predicted molar refractivity (Wildman–Crippen MR) is 117 cm³/mol. The zero-order valence-corrected chi connectivity index (χ0v) is 18.5. The largest absolute Gasteiger partial charge is 0.480 e. The number of amides is 3. The monoisotopic (exact) mass is 463 g/mol. The van der Waals surface area contributed by atoms with Crippen LogP contribution in [0, 0.1) is 0 Å². The number of aliphatic carboxylic acids is 1. The Bertz CT molecular complexity index is 642. The second-order valence-corrected chi connectivity index (χ2v) is 7.71. The van der Waals surface area contributed by atoms with E-state index in [-0.39, 0.29) is 25.3 Å². The molecular weight excluding hydrogens is 430 g/mol. The van der Waals surface area contributed by atoms with Gasteiger partial charge in [-0.15, -0.1) is 0 Å². The highest BCUT2D eigenvalue weighted by Gasteiger charge is 2.29. The van der Waals surface area contributed by atoms with Crippen LogP contribution < -0.4 is 33.2 Å². The van der Waals surface area contributed by atoms with Gasteiger partial charge in [0.05, 0.1) is 12.6 Å². The van der Waals surface area contributed by atoms with Gasteiger partial charge >= 0.3 is 5.97 Å². The highest BCUT2D eigenvalue weighted by atomic mass is 32.2. The molecule has 31 heavy (non-hydrogen) atoms. The number of hydrogen-bond acceptors (Lipinski definition) is 8. The maximum absolute atomic E-state index is 12.6. The first-order chi connectivity index (χ1) is 14.5. The molecule has 0 saturated carbocycles. The molecule has 0 aliphatic carbocycles. The fraction of sp³-hybridized carbons (Fsp3) is 0.706. The van der Waals surface area contributed by atoms with Gasteiger partial charge in [-0.1, -0.05) is 0 Å². The van der Waals surface area contributed by atoms with Crippen LogP contribution in [0.15, 0.2) is 4.99 Å². The number of carboxylic acids is 1. The highest BCUT2D eigenvalue weighted by Crippen LogP contribution is 2.05. The van der Waals surface area contributed by atoms with Crippen LogP contribution in [-0.2, 0) is 19.2 Å². The van der Waals surface area contributed by atoms with E-state index in [9.17, 15) is 29.4 Å². The SMILES string of the molecule is CSCCC(NC(=O)C(CO)NC(=O)C(C)N)C(=O)NC(CCCN=C(N)N)C(=O)O. The zero-order valence-electron chi connectivity index (χ0n) is 17.7. The van der Waals surface area contributed by atoms with Crippen molar-refractivity contribution < 1.29 is 29.4 Å². The Labute approximate surface area is 185 Å². The molecule has 0 aromatic carbocycles. The number of nitrogens with zero attached hydrogens (tertiary/aromatic N) is 1. The summed E-state index contributed by atoms with van der Waals surface area (Å²) >= 11 is 1.43. The van der Waals surface area contributed by atoms with E-state index in [1.54, 1.807) is 6.26 Å². The number of thioether (sulfide) groups is 1. The number of hydrogen-bond donors (Lipinski definition) is 8. The summed E-state index contributed by atoms with van der Waals surface area (Å²) in [5, 5.41) is 25.9. The van der Waals surface area contributed by atoms with E-state index < -0.39 is 54.5 Å². The molecular formula is C17H33N7O6S. The second-order valence-electron chi connectivity index (χ2n) is 6.72. The molecule has 0 heterocycles. The zero-order chi connectivity index (χ0) is 24.0. The van der Waals surface area contributed by atoms with Gasteiger partial charge in [-0.3, -0.25) is 19.4 Å². The van der Waals surface area contributed by atoms with Crippen LogP contribution in [-0.4, -0.2) is 89.2 Å². The van der Waals surface area contributed by atoms with Crippen molar-refractivity contribution in [3.05, 3.63) is 0 Å². The summed E-state index contributed by atoms with van der Waals surface area (Å²) in [5.74, 6) is -3.01. The van der Waals surface area contributed by atoms with Crippen molar-refractivity contribution in [2.75, 3.05) is 25.2 Å². The van der Waals surface area contributed by atoms with Crippen LogP contribution in [0.2, 0.25) is 0 Å². The minimum Gasteiger partial charge on any atom is -0.480 e. The number of aliphatic imine (C=N–C) groups is 1. The highest BCUT2D eigenvalue weighted by molar-refractivity contribution is 7.98. The molecule has 4 unspecified atom stereocenters. The van der Waals surface area contributed by atoms with Gasteiger partial charge in [-0.05, 0) is 38.2 Å². The van der Waals surface area contributed by atoms with Crippen molar-refractivity contribution >= 4 is 41.4 Å². The number of guanidine groups is 1. The molecule has 0 saturated heterocycles. The van der Waals surface area contributed by atoms with Crippen LogP contribution in [0.4, 0.5) is 0 Å². The number of carbonyl (C=O) groups is 4. The number of carbonyl (C=O) groups excluding carboxylic acids is 3. The van der Waals surface area contributed by atoms with E-state index >= 15 is 0 Å². The molecule has 0 bridgehead atoms. The summed E-state index contributed by atoms with van der Waals surface area (Å²) in [6.45, 7) is 0.908. The molecule has 0 aliphatic rings. The normalized spacial score (nSPS) is 14.5. The van der Waals surface area contributed by atoms with Crippen LogP contribution >= 0.6 is 11.8 Å². The molecule has 13 nitrogen and oxygen atoms in total. The maximum atomic E-state index is 12.6. The van der Waals surface area contributed by atoms with E-state index in [1.807, 2.05) is 0 Å². The Kier molecular flexibility index (Phi) is 14.0. The molecule has 14 heteroatoms. The van der Waals surface area contributed by atoms with E-state index in [1.165, 1.54) is 18.7 Å². The molecule has 4 atom stereocenters. The number of nitrogens with one attached hydrogen (secondary N) is 3. The number of rotatable bonds is 15. The average Bonchev–Trinajstić information content (AvgIpc) is 2.70. The number of aliphatic hydroxyl groups excluding tert-OH is 1. The average molecular weight is 464 g/mol. The molecule has 0 radical (unpaired) electrons. The van der Waals surface area contributed by atoms with Gasteiger partial charge in [-0.25, -0.2) is 4.79 Å². The van der Waals surface area contributed by atoms with Crippen molar-refractivity contribution in [2.45, 2.75) is 50.4 Å². The first-order valence-electron chi connectivity index (χ1n) is 9.58. The van der Waals surface area contributed by atoms with Gasteiger partial charge in [0.1, 0.15) is 18.1 Å². The molecule has 0 aliphatic heterocycles. The molecule has 178 valence electrons. The lowest BCUT2D eigenvalue weighted by molar-refractivity contribution is -0.142. The van der Waals surface area contributed by atoms with Crippen LogP contribution in [0.25, 0.3) is 0 Å². The molecule has 0 aromatic heterocycles. The third-order valence-electron chi connectivity index (χ3n) is 4.03. The summed E-state index contributed by atoms with van der Waals surface area (Å²) < 4.78 is 0. The standard InChI is InChI=1S/C17H33N7O6S/c1-9(18)13(26)24-12(8-25)15(28)22-10(5-7-31-2)14(27)23-11(16(29)30)4-3-6-21-17(19)20/h9-12,25H,3-8,18H2,1-2H3,(H,22,28)(H,23,27)(H,24,26)(H,29,30)(H4,19,20,21). The summed E-state index contributed by atoms with van der Waals surface area (Å²) in [6.07, 6.45) is 2.40. The molecule has 0 spiro atoms. The van der Waals surface area contributed by atoms with Crippen molar-refractivity contribution in [1.82, 2.24) is 16.0 Å². The first-order valence-corrected chi connectivity index (χ1v) is 11.0. The second kappa shape index (κ2) is 15.3. The summed E-state index contributed by atoms with van der Waals surface area (Å²) in [5.41, 5.74) is 15.9. The third kappa shape index (κ3) is 12.0. The Balaban J connectivity index is 5.13. The maximum Gasteiger partial charge on any atom is 0.326 e. The number of carboxylic acid groups (broad SMARTS) is 1. The summed E-state index contributed by atoms with van der Waals surface area (Å²) in [6, 6.07) is -4.48. The first kappa shape index (κ1) is 28.4. The lowest BCUT2D eigenvalue weighted by Crippen LogP contribution is -2.58. The molecule has 11 N–H and O–H groups in total. The van der Waals surface area contributed by atoms with Crippen LogP contribution in [0.3, 0.4) is 0 Å². The van der Waals surface area contributed by atoms with E-state index in [2.05, 4.69) is 20.9 Å². The van der Waals surface area contributed by atoms with E-state index in [0.717, 1.165) is 0 Å².